The van der Waals surface area contributed by atoms with Crippen LogP contribution < -0.4 is 5.32 Å². The first-order valence-corrected chi connectivity index (χ1v) is 6.87. The Morgan fingerprint density at radius 1 is 1.37 bits per heavy atom. The van der Waals surface area contributed by atoms with Crippen LogP contribution in [0.25, 0.3) is 0 Å². The summed E-state index contributed by atoms with van der Waals surface area (Å²) >= 11 is 0. The second kappa shape index (κ2) is 6.65. The minimum Gasteiger partial charge on any atom is -0.317 e. The molecule has 2 rings (SSSR count). The van der Waals surface area contributed by atoms with E-state index in [2.05, 4.69) is 17.1 Å². The van der Waals surface area contributed by atoms with Gasteiger partial charge in [-0.25, -0.2) is 4.39 Å². The molecule has 0 spiro atoms. The Morgan fingerprint density at radius 2 is 2.11 bits per heavy atom. The monoisotopic (exact) mass is 261 g/mol. The van der Waals surface area contributed by atoms with Crippen molar-refractivity contribution in [1.29, 1.82) is 5.26 Å². The largest absolute Gasteiger partial charge is 0.317 e. The Kier molecular flexibility index (Phi) is 4.89. The highest BCUT2D eigenvalue weighted by molar-refractivity contribution is 5.33. The molecule has 19 heavy (non-hydrogen) atoms. The zero-order chi connectivity index (χ0) is 13.7. The predicted molar refractivity (Wildman–Crippen MR) is 73.1 cm³/mol. The van der Waals surface area contributed by atoms with Crippen molar-refractivity contribution in [2.45, 2.75) is 32.4 Å². The van der Waals surface area contributed by atoms with Gasteiger partial charge in [0, 0.05) is 12.6 Å². The van der Waals surface area contributed by atoms with Crippen LogP contribution in [0.15, 0.2) is 18.2 Å². The summed E-state index contributed by atoms with van der Waals surface area (Å²) in [5.74, 6) is -0.324. The third-order valence-corrected chi connectivity index (χ3v) is 3.70. The molecule has 1 aromatic rings. The number of rotatable bonds is 4. The van der Waals surface area contributed by atoms with Crippen LogP contribution >= 0.6 is 0 Å². The van der Waals surface area contributed by atoms with Gasteiger partial charge in [0.15, 0.2) is 0 Å². The molecular formula is C15H20FN3. The van der Waals surface area contributed by atoms with Gasteiger partial charge in [-0.15, -0.1) is 0 Å². The third-order valence-electron chi connectivity index (χ3n) is 3.70. The number of nitrogens with one attached hydrogen (secondary N) is 1. The average Bonchev–Trinajstić information content (AvgIpc) is 2.45. The number of piperidine rings is 1. The lowest BCUT2D eigenvalue weighted by atomic mass is 10.0. The summed E-state index contributed by atoms with van der Waals surface area (Å²) in [7, 11) is 0. The molecule has 0 atom stereocenters. The molecule has 0 bridgehead atoms. The quantitative estimate of drug-likeness (QED) is 0.903. The molecule has 1 fully saturated rings. The topological polar surface area (TPSA) is 39.1 Å². The first-order valence-electron chi connectivity index (χ1n) is 6.87. The Bertz CT molecular complexity index is 461. The fourth-order valence-corrected chi connectivity index (χ4v) is 2.71. The van der Waals surface area contributed by atoms with Crippen molar-refractivity contribution in [3.63, 3.8) is 0 Å². The first kappa shape index (κ1) is 14.0. The van der Waals surface area contributed by atoms with E-state index >= 15 is 0 Å². The van der Waals surface area contributed by atoms with E-state index in [1.807, 2.05) is 6.07 Å². The molecule has 1 aliphatic heterocycles. The summed E-state index contributed by atoms with van der Waals surface area (Å²) in [5.41, 5.74) is 1.29. The standard InChI is InChI=1S/C15H20FN3/c1-2-19(15-3-5-18-6-4-15)11-13-7-12(10-17)8-14(16)9-13/h7-9,15,18H,2-6,11H2,1H3. The van der Waals surface area contributed by atoms with Crippen LogP contribution in [0.5, 0.6) is 0 Å². The van der Waals surface area contributed by atoms with Gasteiger partial charge in [-0.05, 0) is 56.2 Å². The van der Waals surface area contributed by atoms with E-state index in [-0.39, 0.29) is 5.82 Å². The molecule has 1 N–H and O–H groups in total. The SMILES string of the molecule is CCN(Cc1cc(F)cc(C#N)c1)C1CCNCC1. The highest BCUT2D eigenvalue weighted by Gasteiger charge is 2.19. The van der Waals surface area contributed by atoms with Crippen LogP contribution in [-0.4, -0.2) is 30.6 Å². The third kappa shape index (κ3) is 3.76. The van der Waals surface area contributed by atoms with E-state index in [4.69, 9.17) is 5.26 Å². The van der Waals surface area contributed by atoms with Gasteiger partial charge in [0.05, 0.1) is 11.6 Å². The van der Waals surface area contributed by atoms with Crippen LogP contribution in [0.3, 0.4) is 0 Å². The maximum Gasteiger partial charge on any atom is 0.124 e. The zero-order valence-electron chi connectivity index (χ0n) is 11.3. The van der Waals surface area contributed by atoms with E-state index in [1.165, 1.54) is 12.1 Å². The average molecular weight is 261 g/mol. The lowest BCUT2D eigenvalue weighted by molar-refractivity contribution is 0.162. The Labute approximate surface area is 114 Å². The fourth-order valence-electron chi connectivity index (χ4n) is 2.71. The van der Waals surface area contributed by atoms with Crippen LogP contribution in [0, 0.1) is 17.1 Å². The summed E-state index contributed by atoms with van der Waals surface area (Å²) in [6.45, 7) is 5.89. The van der Waals surface area contributed by atoms with Gasteiger partial charge in [0.1, 0.15) is 5.82 Å². The summed E-state index contributed by atoms with van der Waals surface area (Å²) in [6.07, 6.45) is 2.27. The minimum absolute atomic E-state index is 0.324. The minimum atomic E-state index is -0.324. The molecule has 102 valence electrons. The van der Waals surface area contributed by atoms with Crippen LogP contribution in [0.2, 0.25) is 0 Å². The van der Waals surface area contributed by atoms with Crippen molar-refractivity contribution >= 4 is 0 Å². The van der Waals surface area contributed by atoms with E-state index in [0.717, 1.165) is 38.0 Å². The molecule has 4 heteroatoms. The van der Waals surface area contributed by atoms with Crippen LogP contribution in [0.1, 0.15) is 30.9 Å². The zero-order valence-corrected chi connectivity index (χ0v) is 11.3. The van der Waals surface area contributed by atoms with Gasteiger partial charge < -0.3 is 5.32 Å². The van der Waals surface area contributed by atoms with Crippen molar-refractivity contribution in [3.8, 4) is 6.07 Å². The highest BCUT2D eigenvalue weighted by Crippen LogP contribution is 2.17. The van der Waals surface area contributed by atoms with E-state index in [9.17, 15) is 4.39 Å². The van der Waals surface area contributed by atoms with Crippen LogP contribution in [-0.2, 0) is 6.54 Å². The number of nitrogens with zero attached hydrogens (tertiary/aromatic N) is 2. The molecular weight excluding hydrogens is 241 g/mol. The van der Waals surface area contributed by atoms with Crippen molar-refractivity contribution in [2.24, 2.45) is 0 Å². The molecule has 1 heterocycles. The van der Waals surface area contributed by atoms with Gasteiger partial charge in [0.2, 0.25) is 0 Å². The maximum absolute atomic E-state index is 13.4. The van der Waals surface area contributed by atoms with Gasteiger partial charge in [-0.3, -0.25) is 4.90 Å². The smallest absolute Gasteiger partial charge is 0.124 e. The van der Waals surface area contributed by atoms with Crippen molar-refractivity contribution < 1.29 is 4.39 Å². The normalized spacial score (nSPS) is 16.5. The lowest BCUT2D eigenvalue weighted by Gasteiger charge is -2.34. The molecule has 0 unspecified atom stereocenters. The van der Waals surface area contributed by atoms with Gasteiger partial charge in [-0.1, -0.05) is 6.92 Å². The van der Waals surface area contributed by atoms with Gasteiger partial charge in [-0.2, -0.15) is 5.26 Å². The number of hydrogen-bond acceptors (Lipinski definition) is 3. The highest BCUT2D eigenvalue weighted by atomic mass is 19.1. The second-order valence-corrected chi connectivity index (χ2v) is 5.00. The number of hydrogen-bond donors (Lipinski definition) is 1. The van der Waals surface area contributed by atoms with E-state index in [0.29, 0.717) is 18.2 Å². The van der Waals surface area contributed by atoms with E-state index < -0.39 is 0 Å². The summed E-state index contributed by atoms with van der Waals surface area (Å²) in [5, 5.41) is 12.2. The van der Waals surface area contributed by atoms with Crippen molar-refractivity contribution in [1.82, 2.24) is 10.2 Å². The Hall–Kier alpha value is -1.44. The van der Waals surface area contributed by atoms with Crippen LogP contribution in [0.4, 0.5) is 4.39 Å². The van der Waals surface area contributed by atoms with E-state index in [1.54, 1.807) is 6.07 Å². The van der Waals surface area contributed by atoms with Gasteiger partial charge >= 0.3 is 0 Å². The molecule has 0 aromatic heterocycles. The van der Waals surface area contributed by atoms with Crippen molar-refractivity contribution in [3.05, 3.63) is 35.1 Å². The maximum atomic E-state index is 13.4. The fraction of sp³-hybridized carbons (Fsp3) is 0.533. The number of benzene rings is 1. The molecule has 1 aromatic carbocycles. The van der Waals surface area contributed by atoms with Gasteiger partial charge in [0.25, 0.3) is 0 Å². The molecule has 0 saturated carbocycles. The summed E-state index contributed by atoms with van der Waals surface area (Å²) < 4.78 is 13.4. The molecule has 0 aliphatic carbocycles. The Morgan fingerprint density at radius 3 is 2.74 bits per heavy atom. The van der Waals surface area contributed by atoms with Crippen molar-refractivity contribution in [2.75, 3.05) is 19.6 Å². The molecule has 1 aliphatic rings. The summed E-state index contributed by atoms with van der Waals surface area (Å²) in [6, 6.07) is 7.16. The lowest BCUT2D eigenvalue weighted by Crippen LogP contribution is -2.42. The molecule has 0 radical (unpaired) electrons. The molecule has 1 saturated heterocycles. The molecule has 0 amide bonds. The Balaban J connectivity index is 2.09. The first-order chi connectivity index (χ1) is 9.22. The second-order valence-electron chi connectivity index (χ2n) is 5.00. The number of halogens is 1. The summed E-state index contributed by atoms with van der Waals surface area (Å²) in [4.78, 5) is 2.37. The number of nitriles is 1. The predicted octanol–water partition coefficient (Wildman–Crippen LogP) is 2.27. The molecule has 3 nitrogen and oxygen atoms in total.